The van der Waals surface area contributed by atoms with Gasteiger partial charge in [-0.05, 0) is 39.8 Å². The number of hydrogen-bond acceptors (Lipinski definition) is 3. The highest BCUT2D eigenvalue weighted by Crippen LogP contribution is 2.30. The smallest absolute Gasteiger partial charge is 0.0951 e. The quantitative estimate of drug-likeness (QED) is 0.848. The van der Waals surface area contributed by atoms with Crippen molar-refractivity contribution in [2.45, 2.75) is 38.8 Å². The number of nitrogens with zero attached hydrogens (tertiary/aromatic N) is 3. The lowest BCUT2D eigenvalue weighted by Gasteiger charge is -2.37. The zero-order valence-electron chi connectivity index (χ0n) is 11.3. The zero-order chi connectivity index (χ0) is 12.6. The average Bonchev–Trinajstić information content (AvgIpc) is 2.65. The van der Waals surface area contributed by atoms with Gasteiger partial charge in [0.05, 0.1) is 17.6 Å². The number of likely N-dealkylation sites (tertiary alicyclic amines) is 1. The molecule has 17 heavy (non-hydrogen) atoms. The van der Waals surface area contributed by atoms with Gasteiger partial charge in [0.1, 0.15) is 0 Å². The number of rotatable bonds is 2. The Morgan fingerprint density at radius 2 is 2.18 bits per heavy atom. The van der Waals surface area contributed by atoms with Crippen molar-refractivity contribution in [3.63, 3.8) is 0 Å². The van der Waals surface area contributed by atoms with Crippen molar-refractivity contribution in [3.8, 4) is 0 Å². The van der Waals surface area contributed by atoms with E-state index in [4.69, 9.17) is 5.73 Å². The molecule has 0 aliphatic carbocycles. The summed E-state index contributed by atoms with van der Waals surface area (Å²) in [5, 5.41) is 0. The lowest BCUT2D eigenvalue weighted by atomic mass is 9.92. The summed E-state index contributed by atoms with van der Waals surface area (Å²) >= 11 is 0. The Morgan fingerprint density at radius 1 is 1.47 bits per heavy atom. The van der Waals surface area contributed by atoms with Crippen LogP contribution in [0.25, 0.3) is 0 Å². The average molecular weight is 236 g/mol. The molecule has 0 saturated carbocycles. The van der Waals surface area contributed by atoms with Crippen molar-refractivity contribution in [2.24, 2.45) is 11.7 Å². The van der Waals surface area contributed by atoms with Gasteiger partial charge in [-0.3, -0.25) is 0 Å². The minimum atomic E-state index is -0.320. The number of imidazole rings is 1. The molecule has 1 aromatic heterocycles. The minimum absolute atomic E-state index is 0.320. The molecular formula is C13H24N4. The lowest BCUT2D eigenvalue weighted by molar-refractivity contribution is 0.154. The molecule has 1 aromatic rings. The third-order valence-corrected chi connectivity index (χ3v) is 3.75. The molecule has 0 spiro atoms. The molecule has 1 aliphatic rings. The Bertz CT molecular complexity index is 377. The minimum Gasteiger partial charge on any atom is -0.329 e. The molecule has 1 saturated heterocycles. The van der Waals surface area contributed by atoms with Crippen molar-refractivity contribution in [1.82, 2.24) is 14.5 Å². The van der Waals surface area contributed by atoms with Gasteiger partial charge in [-0.15, -0.1) is 0 Å². The molecule has 2 N–H and O–H groups in total. The fraction of sp³-hybridized carbons (Fsp3) is 0.769. The van der Waals surface area contributed by atoms with Crippen molar-refractivity contribution >= 4 is 0 Å². The fourth-order valence-electron chi connectivity index (χ4n) is 2.82. The molecule has 4 nitrogen and oxygen atoms in total. The molecule has 2 unspecified atom stereocenters. The van der Waals surface area contributed by atoms with Gasteiger partial charge in [-0.2, -0.15) is 0 Å². The first-order chi connectivity index (χ1) is 7.89. The van der Waals surface area contributed by atoms with E-state index in [1.54, 1.807) is 0 Å². The second-order valence-electron chi connectivity index (χ2n) is 6.00. The van der Waals surface area contributed by atoms with Crippen LogP contribution in [0.4, 0.5) is 0 Å². The Labute approximate surface area is 104 Å². The van der Waals surface area contributed by atoms with Gasteiger partial charge in [-0.1, -0.05) is 6.92 Å². The second kappa shape index (κ2) is 4.42. The first-order valence-electron chi connectivity index (χ1n) is 6.39. The summed E-state index contributed by atoms with van der Waals surface area (Å²) in [6, 6.07) is 0.534. The van der Waals surface area contributed by atoms with Gasteiger partial charge in [0, 0.05) is 18.8 Å². The van der Waals surface area contributed by atoms with Gasteiger partial charge in [0.15, 0.2) is 0 Å². The molecule has 0 radical (unpaired) electrons. The number of hydrogen-bond donors (Lipinski definition) is 1. The highest BCUT2D eigenvalue weighted by molar-refractivity contribution is 5.11. The summed E-state index contributed by atoms with van der Waals surface area (Å²) in [6.45, 7) is 8.69. The highest BCUT2D eigenvalue weighted by Gasteiger charge is 2.29. The standard InChI is InChI=1S/C13H24N4/c1-10-8-16(4)6-5-11(10)17-9-15-7-12(17)13(2,3)14/h7,9-11H,5-6,8,14H2,1-4H3. The van der Waals surface area contributed by atoms with Crippen molar-refractivity contribution in [1.29, 1.82) is 0 Å². The van der Waals surface area contributed by atoms with E-state index in [-0.39, 0.29) is 5.54 Å². The largest absolute Gasteiger partial charge is 0.329 e. The maximum Gasteiger partial charge on any atom is 0.0951 e. The van der Waals surface area contributed by atoms with E-state index >= 15 is 0 Å². The van der Waals surface area contributed by atoms with Crippen LogP contribution in [0.5, 0.6) is 0 Å². The van der Waals surface area contributed by atoms with E-state index in [0.717, 1.165) is 18.8 Å². The molecule has 0 bridgehead atoms. The molecule has 1 fully saturated rings. The van der Waals surface area contributed by atoms with Crippen LogP contribution < -0.4 is 5.73 Å². The van der Waals surface area contributed by atoms with Crippen molar-refractivity contribution in [3.05, 3.63) is 18.2 Å². The van der Waals surface area contributed by atoms with Crippen LogP contribution in [0.1, 0.15) is 38.9 Å². The van der Waals surface area contributed by atoms with Crippen LogP contribution in [-0.2, 0) is 5.54 Å². The van der Waals surface area contributed by atoms with E-state index in [1.165, 1.54) is 6.42 Å². The summed E-state index contributed by atoms with van der Waals surface area (Å²) < 4.78 is 2.29. The van der Waals surface area contributed by atoms with Crippen molar-refractivity contribution in [2.75, 3.05) is 20.1 Å². The van der Waals surface area contributed by atoms with Gasteiger partial charge in [0.25, 0.3) is 0 Å². The van der Waals surface area contributed by atoms with Crippen LogP contribution in [0, 0.1) is 5.92 Å². The number of piperidine rings is 1. The molecule has 96 valence electrons. The molecule has 2 heterocycles. The normalized spacial score (nSPS) is 27.4. The van der Waals surface area contributed by atoms with Crippen LogP contribution in [0.2, 0.25) is 0 Å². The van der Waals surface area contributed by atoms with Gasteiger partial charge < -0.3 is 15.2 Å². The first-order valence-corrected chi connectivity index (χ1v) is 6.39. The summed E-state index contributed by atoms with van der Waals surface area (Å²) in [5.41, 5.74) is 7.03. The summed E-state index contributed by atoms with van der Waals surface area (Å²) in [5.74, 6) is 0.643. The Hall–Kier alpha value is -0.870. The molecule has 0 aromatic carbocycles. The van der Waals surface area contributed by atoms with Gasteiger partial charge >= 0.3 is 0 Å². The number of aromatic nitrogens is 2. The third kappa shape index (κ3) is 2.53. The third-order valence-electron chi connectivity index (χ3n) is 3.75. The van der Waals surface area contributed by atoms with E-state index < -0.39 is 0 Å². The second-order valence-corrected chi connectivity index (χ2v) is 6.00. The molecule has 2 rings (SSSR count). The van der Waals surface area contributed by atoms with E-state index in [2.05, 4.69) is 28.4 Å². The van der Waals surface area contributed by atoms with Crippen LogP contribution >= 0.6 is 0 Å². The predicted octanol–water partition coefficient (Wildman–Crippen LogP) is 1.59. The van der Waals surface area contributed by atoms with Gasteiger partial charge in [0.2, 0.25) is 0 Å². The summed E-state index contributed by atoms with van der Waals surface area (Å²) in [6.07, 6.45) is 5.03. The van der Waals surface area contributed by atoms with Crippen LogP contribution in [0.15, 0.2) is 12.5 Å². The fourth-order valence-corrected chi connectivity index (χ4v) is 2.82. The Morgan fingerprint density at radius 3 is 2.76 bits per heavy atom. The predicted molar refractivity (Wildman–Crippen MR) is 69.8 cm³/mol. The zero-order valence-corrected chi connectivity index (χ0v) is 11.3. The summed E-state index contributed by atoms with van der Waals surface area (Å²) in [4.78, 5) is 6.68. The van der Waals surface area contributed by atoms with E-state index in [0.29, 0.717) is 12.0 Å². The number of nitrogens with two attached hydrogens (primary N) is 1. The molecule has 4 heteroatoms. The van der Waals surface area contributed by atoms with Crippen molar-refractivity contribution < 1.29 is 0 Å². The van der Waals surface area contributed by atoms with Gasteiger partial charge in [-0.25, -0.2) is 4.98 Å². The lowest BCUT2D eigenvalue weighted by Crippen LogP contribution is -2.40. The molecule has 1 aliphatic heterocycles. The SMILES string of the molecule is CC1CN(C)CCC1n1cncc1C(C)(C)N. The van der Waals surface area contributed by atoms with E-state index in [9.17, 15) is 0 Å². The van der Waals surface area contributed by atoms with E-state index in [1.807, 2.05) is 26.4 Å². The monoisotopic (exact) mass is 236 g/mol. The maximum atomic E-state index is 6.21. The Balaban J connectivity index is 2.26. The molecule has 2 atom stereocenters. The maximum absolute atomic E-state index is 6.21. The highest BCUT2D eigenvalue weighted by atomic mass is 15.2. The Kier molecular flexibility index (Phi) is 3.27. The van der Waals surface area contributed by atoms with Crippen LogP contribution in [0.3, 0.4) is 0 Å². The molecular weight excluding hydrogens is 212 g/mol. The summed E-state index contributed by atoms with van der Waals surface area (Å²) in [7, 11) is 2.19. The molecule has 0 amide bonds. The first kappa shape index (κ1) is 12.6. The van der Waals surface area contributed by atoms with Crippen LogP contribution in [-0.4, -0.2) is 34.6 Å². The topological polar surface area (TPSA) is 47.1 Å².